The van der Waals surface area contributed by atoms with E-state index in [1.807, 2.05) is 19.1 Å². The number of benzene rings is 1. The highest BCUT2D eigenvalue weighted by atomic mass is 127. The zero-order valence-electron chi connectivity index (χ0n) is 9.92. The van der Waals surface area contributed by atoms with Gasteiger partial charge < -0.3 is 10.6 Å². The van der Waals surface area contributed by atoms with Gasteiger partial charge in [-0.15, -0.1) is 0 Å². The Morgan fingerprint density at radius 3 is 3.06 bits per heavy atom. The van der Waals surface area contributed by atoms with Crippen LogP contribution in [0.15, 0.2) is 18.2 Å². The number of amides is 1. The van der Waals surface area contributed by atoms with Crippen molar-refractivity contribution in [1.82, 2.24) is 5.32 Å². The zero-order chi connectivity index (χ0) is 12.3. The molecule has 17 heavy (non-hydrogen) atoms. The van der Waals surface area contributed by atoms with E-state index in [2.05, 4.69) is 39.3 Å². The number of hydrogen-bond donors (Lipinski definition) is 2. The molecule has 4 heteroatoms. The maximum absolute atomic E-state index is 11.9. The van der Waals surface area contributed by atoms with E-state index in [0.717, 1.165) is 30.8 Å². The highest BCUT2D eigenvalue weighted by Gasteiger charge is 2.18. The summed E-state index contributed by atoms with van der Waals surface area (Å²) in [6, 6.07) is 6.06. The lowest BCUT2D eigenvalue weighted by Gasteiger charge is -2.11. The van der Waals surface area contributed by atoms with E-state index in [1.165, 1.54) is 3.57 Å². The van der Waals surface area contributed by atoms with E-state index < -0.39 is 0 Å². The van der Waals surface area contributed by atoms with Crippen LogP contribution >= 0.6 is 22.6 Å². The Morgan fingerprint density at radius 2 is 2.41 bits per heavy atom. The summed E-state index contributed by atoms with van der Waals surface area (Å²) >= 11 is 2.27. The predicted octanol–water partition coefficient (Wildman–Crippen LogP) is 2.54. The Balaban J connectivity index is 1.93. The average molecular weight is 344 g/mol. The number of rotatable bonds is 3. The topological polar surface area (TPSA) is 41.1 Å². The van der Waals surface area contributed by atoms with Crippen LogP contribution in [0.25, 0.3) is 0 Å². The van der Waals surface area contributed by atoms with Gasteiger partial charge in [-0.2, -0.15) is 0 Å². The normalized spacial score (nSPS) is 19.3. The van der Waals surface area contributed by atoms with Crippen molar-refractivity contribution in [1.29, 1.82) is 0 Å². The Kier molecular flexibility index (Phi) is 4.39. The molecule has 1 amide bonds. The van der Waals surface area contributed by atoms with Gasteiger partial charge in [0, 0.05) is 15.7 Å². The van der Waals surface area contributed by atoms with Crippen LogP contribution in [-0.4, -0.2) is 19.0 Å². The number of carbonyl (C=O) groups is 1. The van der Waals surface area contributed by atoms with Crippen LogP contribution in [0.4, 0.5) is 5.69 Å². The van der Waals surface area contributed by atoms with Crippen molar-refractivity contribution in [3.05, 3.63) is 27.3 Å². The number of carbonyl (C=O) groups excluding carboxylic acids is 1. The van der Waals surface area contributed by atoms with E-state index >= 15 is 0 Å². The Bertz CT molecular complexity index is 414. The van der Waals surface area contributed by atoms with E-state index in [0.29, 0.717) is 12.3 Å². The van der Waals surface area contributed by atoms with Gasteiger partial charge in [0.25, 0.3) is 0 Å². The fourth-order valence-corrected chi connectivity index (χ4v) is 2.77. The number of nitrogens with one attached hydrogen (secondary N) is 2. The summed E-state index contributed by atoms with van der Waals surface area (Å²) in [6.07, 6.45) is 1.73. The third-order valence-corrected chi connectivity index (χ3v) is 3.77. The minimum Gasteiger partial charge on any atom is -0.326 e. The molecule has 3 nitrogen and oxygen atoms in total. The number of anilines is 1. The lowest BCUT2D eigenvalue weighted by molar-refractivity contribution is -0.116. The molecule has 0 aromatic heterocycles. The highest BCUT2D eigenvalue weighted by molar-refractivity contribution is 14.1. The average Bonchev–Trinajstić information content (AvgIpc) is 2.75. The molecule has 0 spiro atoms. The zero-order valence-corrected chi connectivity index (χ0v) is 12.1. The molecule has 1 unspecified atom stereocenters. The SMILES string of the molecule is Cc1cc(I)ccc1NC(=O)CC1CCNC1. The van der Waals surface area contributed by atoms with Gasteiger partial charge in [0.2, 0.25) is 5.91 Å². The molecule has 0 radical (unpaired) electrons. The molecule has 1 aliphatic rings. The van der Waals surface area contributed by atoms with Crippen LogP contribution in [-0.2, 0) is 4.79 Å². The molecule has 1 atom stereocenters. The molecule has 2 N–H and O–H groups in total. The standard InChI is InChI=1S/C13H17IN2O/c1-9-6-11(14)2-3-12(9)16-13(17)7-10-4-5-15-8-10/h2-3,6,10,15H,4-5,7-8H2,1H3,(H,16,17). The summed E-state index contributed by atoms with van der Waals surface area (Å²) in [5, 5.41) is 6.27. The third-order valence-electron chi connectivity index (χ3n) is 3.10. The molecular formula is C13H17IN2O. The Labute approximate surface area is 116 Å². The van der Waals surface area contributed by atoms with Gasteiger partial charge in [-0.05, 0) is 78.7 Å². The first-order chi connectivity index (χ1) is 8.15. The van der Waals surface area contributed by atoms with Crippen molar-refractivity contribution < 1.29 is 4.79 Å². The summed E-state index contributed by atoms with van der Waals surface area (Å²) in [6.45, 7) is 4.04. The van der Waals surface area contributed by atoms with Crippen LogP contribution in [0.5, 0.6) is 0 Å². The third kappa shape index (κ3) is 3.67. The molecule has 2 rings (SSSR count). The number of halogens is 1. The van der Waals surface area contributed by atoms with Crippen LogP contribution < -0.4 is 10.6 Å². The van der Waals surface area contributed by atoms with Crippen LogP contribution in [0, 0.1) is 16.4 Å². The van der Waals surface area contributed by atoms with Gasteiger partial charge in [-0.1, -0.05) is 0 Å². The summed E-state index contributed by atoms with van der Waals surface area (Å²) in [5.41, 5.74) is 2.05. The fourth-order valence-electron chi connectivity index (χ4n) is 2.12. The predicted molar refractivity (Wildman–Crippen MR) is 78.1 cm³/mol. The quantitative estimate of drug-likeness (QED) is 0.828. The molecule has 92 valence electrons. The molecule has 0 aliphatic carbocycles. The first kappa shape index (κ1) is 12.8. The number of aryl methyl sites for hydroxylation is 1. The lowest BCUT2D eigenvalue weighted by Crippen LogP contribution is -2.18. The van der Waals surface area contributed by atoms with Crippen molar-refractivity contribution in [3.63, 3.8) is 0 Å². The highest BCUT2D eigenvalue weighted by Crippen LogP contribution is 2.19. The monoisotopic (exact) mass is 344 g/mol. The van der Waals surface area contributed by atoms with Crippen molar-refractivity contribution >= 4 is 34.2 Å². The maximum Gasteiger partial charge on any atom is 0.224 e. The molecule has 1 heterocycles. The van der Waals surface area contributed by atoms with Gasteiger partial charge >= 0.3 is 0 Å². The summed E-state index contributed by atoms with van der Waals surface area (Å²) in [4.78, 5) is 11.9. The smallest absolute Gasteiger partial charge is 0.224 e. The van der Waals surface area contributed by atoms with Crippen molar-refractivity contribution in [2.24, 2.45) is 5.92 Å². The second kappa shape index (κ2) is 5.82. The van der Waals surface area contributed by atoms with Gasteiger partial charge in [-0.3, -0.25) is 4.79 Å². The molecular weight excluding hydrogens is 327 g/mol. The first-order valence-electron chi connectivity index (χ1n) is 5.92. The molecule has 0 bridgehead atoms. The molecule has 1 fully saturated rings. The van der Waals surface area contributed by atoms with E-state index in [-0.39, 0.29) is 5.91 Å². The van der Waals surface area contributed by atoms with E-state index in [4.69, 9.17) is 0 Å². The Hall–Kier alpha value is -0.620. The van der Waals surface area contributed by atoms with Gasteiger partial charge in [0.1, 0.15) is 0 Å². The minimum absolute atomic E-state index is 0.128. The molecule has 1 aliphatic heterocycles. The summed E-state index contributed by atoms with van der Waals surface area (Å²) < 4.78 is 1.19. The maximum atomic E-state index is 11.9. The van der Waals surface area contributed by atoms with E-state index in [9.17, 15) is 4.79 Å². The largest absolute Gasteiger partial charge is 0.326 e. The lowest BCUT2D eigenvalue weighted by atomic mass is 10.0. The van der Waals surface area contributed by atoms with Crippen LogP contribution in [0.1, 0.15) is 18.4 Å². The van der Waals surface area contributed by atoms with E-state index in [1.54, 1.807) is 0 Å². The Morgan fingerprint density at radius 1 is 1.59 bits per heavy atom. The van der Waals surface area contributed by atoms with Crippen molar-refractivity contribution in [3.8, 4) is 0 Å². The van der Waals surface area contributed by atoms with Crippen molar-refractivity contribution in [2.75, 3.05) is 18.4 Å². The summed E-state index contributed by atoms with van der Waals surface area (Å²) in [5.74, 6) is 0.627. The molecule has 0 saturated carbocycles. The van der Waals surface area contributed by atoms with Crippen LogP contribution in [0.3, 0.4) is 0 Å². The summed E-state index contributed by atoms with van der Waals surface area (Å²) in [7, 11) is 0. The first-order valence-corrected chi connectivity index (χ1v) is 7.00. The second-order valence-electron chi connectivity index (χ2n) is 4.57. The van der Waals surface area contributed by atoms with Crippen LogP contribution in [0.2, 0.25) is 0 Å². The van der Waals surface area contributed by atoms with Gasteiger partial charge in [0.15, 0.2) is 0 Å². The second-order valence-corrected chi connectivity index (χ2v) is 5.82. The molecule has 1 saturated heterocycles. The van der Waals surface area contributed by atoms with Crippen molar-refractivity contribution in [2.45, 2.75) is 19.8 Å². The number of hydrogen-bond acceptors (Lipinski definition) is 2. The molecule has 1 aromatic rings. The van der Waals surface area contributed by atoms with Gasteiger partial charge in [-0.25, -0.2) is 0 Å². The van der Waals surface area contributed by atoms with Gasteiger partial charge in [0.05, 0.1) is 0 Å². The molecule has 1 aromatic carbocycles. The fraction of sp³-hybridized carbons (Fsp3) is 0.462. The minimum atomic E-state index is 0.128.